The van der Waals surface area contributed by atoms with Crippen molar-refractivity contribution in [2.45, 2.75) is 33.6 Å². The monoisotopic (exact) mass is 250 g/mol. The predicted octanol–water partition coefficient (Wildman–Crippen LogP) is 3.03. The maximum Gasteiger partial charge on any atom is 0.122 e. The largest absolute Gasteiger partial charge is 0.496 e. The van der Waals surface area contributed by atoms with Crippen LogP contribution in [0.2, 0.25) is 0 Å². The number of anilines is 1. The Morgan fingerprint density at radius 1 is 1.06 bits per heavy atom. The molecular formula is C15H26N2O. The zero-order valence-corrected chi connectivity index (χ0v) is 12.3. The van der Waals surface area contributed by atoms with E-state index < -0.39 is 0 Å². The van der Waals surface area contributed by atoms with Gasteiger partial charge in [-0.25, -0.2) is 0 Å². The Balaban J connectivity index is 2.68. The lowest BCUT2D eigenvalue weighted by atomic mass is 10.0. The highest BCUT2D eigenvalue weighted by Crippen LogP contribution is 2.30. The van der Waals surface area contributed by atoms with E-state index in [1.54, 1.807) is 7.11 Å². The van der Waals surface area contributed by atoms with Gasteiger partial charge in [0.2, 0.25) is 0 Å². The SMILES string of the molecule is CNCCCCNc1c(C)cc(OC)c(C)c1C. The van der Waals surface area contributed by atoms with Gasteiger partial charge in [-0.15, -0.1) is 0 Å². The molecule has 1 aromatic carbocycles. The molecule has 0 atom stereocenters. The minimum atomic E-state index is 0.978. The summed E-state index contributed by atoms with van der Waals surface area (Å²) in [6.45, 7) is 8.50. The standard InChI is InChI=1S/C15H26N2O/c1-11-10-14(18-5)12(2)13(3)15(11)17-9-7-6-8-16-4/h10,16-17H,6-9H2,1-5H3. The van der Waals surface area contributed by atoms with Gasteiger partial charge in [-0.3, -0.25) is 0 Å². The van der Waals surface area contributed by atoms with Crippen molar-refractivity contribution in [2.24, 2.45) is 0 Å². The molecule has 0 aliphatic heterocycles. The molecule has 0 heterocycles. The van der Waals surface area contributed by atoms with Gasteiger partial charge in [0.15, 0.2) is 0 Å². The number of rotatable bonds is 7. The Bertz CT molecular complexity index is 389. The average molecular weight is 250 g/mol. The zero-order valence-electron chi connectivity index (χ0n) is 12.3. The van der Waals surface area contributed by atoms with E-state index in [2.05, 4.69) is 37.5 Å². The number of hydrogen-bond acceptors (Lipinski definition) is 3. The number of methoxy groups -OCH3 is 1. The Kier molecular flexibility index (Phi) is 5.99. The lowest BCUT2D eigenvalue weighted by Crippen LogP contribution is -2.11. The van der Waals surface area contributed by atoms with Crippen molar-refractivity contribution in [3.05, 3.63) is 22.8 Å². The van der Waals surface area contributed by atoms with Crippen LogP contribution in [0.4, 0.5) is 5.69 Å². The quantitative estimate of drug-likeness (QED) is 0.730. The molecule has 3 heteroatoms. The van der Waals surface area contributed by atoms with Crippen LogP contribution < -0.4 is 15.4 Å². The molecule has 102 valence electrons. The highest BCUT2D eigenvalue weighted by atomic mass is 16.5. The summed E-state index contributed by atoms with van der Waals surface area (Å²) in [5.41, 5.74) is 5.03. The number of ether oxygens (including phenoxy) is 1. The molecule has 0 aliphatic carbocycles. The number of nitrogens with one attached hydrogen (secondary N) is 2. The highest BCUT2D eigenvalue weighted by molar-refractivity contribution is 5.63. The molecule has 0 radical (unpaired) electrons. The molecule has 18 heavy (non-hydrogen) atoms. The van der Waals surface area contributed by atoms with E-state index in [-0.39, 0.29) is 0 Å². The summed E-state index contributed by atoms with van der Waals surface area (Å²) in [5.74, 6) is 0.978. The molecule has 0 bridgehead atoms. The van der Waals surface area contributed by atoms with E-state index in [9.17, 15) is 0 Å². The van der Waals surface area contributed by atoms with Gasteiger partial charge in [0.1, 0.15) is 5.75 Å². The van der Waals surface area contributed by atoms with Crippen molar-refractivity contribution in [3.63, 3.8) is 0 Å². The summed E-state index contributed by atoms with van der Waals surface area (Å²) in [4.78, 5) is 0. The van der Waals surface area contributed by atoms with E-state index in [0.29, 0.717) is 0 Å². The molecule has 0 unspecified atom stereocenters. The van der Waals surface area contributed by atoms with Gasteiger partial charge in [-0.05, 0) is 70.0 Å². The summed E-state index contributed by atoms with van der Waals surface area (Å²) in [7, 11) is 3.72. The van der Waals surface area contributed by atoms with Crippen LogP contribution in [-0.2, 0) is 0 Å². The second-order valence-corrected chi connectivity index (χ2v) is 4.76. The van der Waals surface area contributed by atoms with E-state index in [4.69, 9.17) is 4.74 Å². The number of hydrogen-bond donors (Lipinski definition) is 2. The molecule has 0 saturated carbocycles. The molecule has 0 amide bonds. The van der Waals surface area contributed by atoms with Gasteiger partial charge in [0.05, 0.1) is 7.11 Å². The summed E-state index contributed by atoms with van der Waals surface area (Å²) in [6.07, 6.45) is 2.39. The topological polar surface area (TPSA) is 33.3 Å². The van der Waals surface area contributed by atoms with Crippen molar-refractivity contribution in [2.75, 3.05) is 32.6 Å². The molecule has 2 N–H and O–H groups in total. The van der Waals surface area contributed by atoms with Gasteiger partial charge >= 0.3 is 0 Å². The fourth-order valence-electron chi connectivity index (χ4n) is 2.17. The van der Waals surface area contributed by atoms with Crippen molar-refractivity contribution >= 4 is 5.69 Å². The smallest absolute Gasteiger partial charge is 0.122 e. The maximum absolute atomic E-state index is 5.38. The average Bonchev–Trinajstić information content (AvgIpc) is 2.37. The van der Waals surface area contributed by atoms with Crippen molar-refractivity contribution < 1.29 is 4.74 Å². The lowest BCUT2D eigenvalue weighted by molar-refractivity contribution is 0.411. The van der Waals surface area contributed by atoms with E-state index >= 15 is 0 Å². The number of benzene rings is 1. The molecule has 0 aromatic heterocycles. The van der Waals surface area contributed by atoms with Crippen LogP contribution in [0.5, 0.6) is 5.75 Å². The van der Waals surface area contributed by atoms with Gasteiger partial charge in [0, 0.05) is 12.2 Å². The summed E-state index contributed by atoms with van der Waals surface area (Å²) in [6, 6.07) is 2.11. The Labute approximate surface area is 111 Å². The molecule has 1 rings (SSSR count). The zero-order chi connectivity index (χ0) is 13.5. The van der Waals surface area contributed by atoms with Gasteiger partial charge in [-0.2, -0.15) is 0 Å². The highest BCUT2D eigenvalue weighted by Gasteiger charge is 2.09. The molecule has 0 spiro atoms. The third-order valence-electron chi connectivity index (χ3n) is 3.42. The fraction of sp³-hybridized carbons (Fsp3) is 0.600. The Morgan fingerprint density at radius 3 is 2.33 bits per heavy atom. The molecule has 0 aliphatic rings. The van der Waals surface area contributed by atoms with E-state index in [1.165, 1.54) is 35.2 Å². The lowest BCUT2D eigenvalue weighted by Gasteiger charge is -2.17. The van der Waals surface area contributed by atoms with Crippen molar-refractivity contribution in [1.29, 1.82) is 0 Å². The first-order valence-electron chi connectivity index (χ1n) is 6.65. The normalized spacial score (nSPS) is 10.5. The maximum atomic E-state index is 5.38. The Morgan fingerprint density at radius 2 is 1.72 bits per heavy atom. The first kappa shape index (κ1) is 14.8. The summed E-state index contributed by atoms with van der Waals surface area (Å²) in [5, 5.41) is 6.72. The van der Waals surface area contributed by atoms with Crippen LogP contribution in [0, 0.1) is 20.8 Å². The Hall–Kier alpha value is -1.22. The first-order valence-corrected chi connectivity index (χ1v) is 6.65. The molecule has 0 saturated heterocycles. The third-order valence-corrected chi connectivity index (χ3v) is 3.42. The predicted molar refractivity (Wildman–Crippen MR) is 78.9 cm³/mol. The first-order chi connectivity index (χ1) is 8.61. The van der Waals surface area contributed by atoms with Crippen LogP contribution in [0.1, 0.15) is 29.5 Å². The molecule has 0 fully saturated rings. The van der Waals surface area contributed by atoms with Crippen molar-refractivity contribution in [3.8, 4) is 5.75 Å². The van der Waals surface area contributed by atoms with Crippen LogP contribution in [0.3, 0.4) is 0 Å². The molecular weight excluding hydrogens is 224 g/mol. The van der Waals surface area contributed by atoms with Crippen molar-refractivity contribution in [1.82, 2.24) is 5.32 Å². The van der Waals surface area contributed by atoms with Crippen LogP contribution >= 0.6 is 0 Å². The number of unbranched alkanes of at least 4 members (excludes halogenated alkanes) is 1. The number of aryl methyl sites for hydroxylation is 1. The minimum Gasteiger partial charge on any atom is -0.496 e. The van der Waals surface area contributed by atoms with E-state index in [0.717, 1.165) is 18.8 Å². The molecule has 3 nitrogen and oxygen atoms in total. The third kappa shape index (κ3) is 3.64. The summed E-state index contributed by atoms with van der Waals surface area (Å²) < 4.78 is 5.38. The van der Waals surface area contributed by atoms with Crippen LogP contribution in [0.25, 0.3) is 0 Å². The van der Waals surface area contributed by atoms with E-state index in [1.807, 2.05) is 7.05 Å². The minimum absolute atomic E-state index is 0.978. The fourth-order valence-corrected chi connectivity index (χ4v) is 2.17. The summed E-state index contributed by atoms with van der Waals surface area (Å²) >= 11 is 0. The van der Waals surface area contributed by atoms with Gasteiger partial charge in [0.25, 0.3) is 0 Å². The second kappa shape index (κ2) is 7.27. The second-order valence-electron chi connectivity index (χ2n) is 4.76. The molecule has 1 aromatic rings. The van der Waals surface area contributed by atoms with Crippen LogP contribution in [0.15, 0.2) is 6.07 Å². The van der Waals surface area contributed by atoms with Crippen LogP contribution in [-0.4, -0.2) is 27.2 Å². The van der Waals surface area contributed by atoms with Gasteiger partial charge in [-0.1, -0.05) is 0 Å². The van der Waals surface area contributed by atoms with Gasteiger partial charge < -0.3 is 15.4 Å².